The number of hydrogen-bond acceptors (Lipinski definition) is 5. The average Bonchev–Trinajstić information content (AvgIpc) is 2.39. The van der Waals surface area contributed by atoms with E-state index in [1.165, 1.54) is 6.92 Å². The number of ether oxygens (including phenoxy) is 4. The Kier molecular flexibility index (Phi) is 5.13. The van der Waals surface area contributed by atoms with Gasteiger partial charge in [0.25, 0.3) is 0 Å². The lowest BCUT2D eigenvalue weighted by molar-refractivity contribution is -0.214. The van der Waals surface area contributed by atoms with Gasteiger partial charge in [-0.25, -0.2) is 0 Å². The molecule has 0 aromatic rings. The molecule has 0 fully saturated rings. The molecule has 0 aromatic heterocycles. The Labute approximate surface area is 113 Å². The van der Waals surface area contributed by atoms with Gasteiger partial charge in [-0.05, 0) is 19.4 Å². The molecule has 0 saturated heterocycles. The number of hydrogen-bond donors (Lipinski definition) is 0. The van der Waals surface area contributed by atoms with Crippen molar-refractivity contribution in [3.63, 3.8) is 0 Å². The lowest BCUT2D eigenvalue weighted by Gasteiger charge is -2.31. The summed E-state index contributed by atoms with van der Waals surface area (Å²) in [7, 11) is 0. The van der Waals surface area contributed by atoms with Gasteiger partial charge in [0.1, 0.15) is 6.10 Å². The van der Waals surface area contributed by atoms with Crippen LogP contribution in [0.2, 0.25) is 0 Å². The second kappa shape index (κ2) is 6.84. The van der Waals surface area contributed by atoms with Gasteiger partial charge in [-0.3, -0.25) is 4.79 Å². The van der Waals surface area contributed by atoms with Crippen LogP contribution in [0.4, 0.5) is 0 Å². The summed E-state index contributed by atoms with van der Waals surface area (Å²) in [6.07, 6.45) is 8.04. The maximum absolute atomic E-state index is 10.9. The first kappa shape index (κ1) is 14.2. The molecule has 5 nitrogen and oxygen atoms in total. The molecule has 2 aliphatic rings. The van der Waals surface area contributed by atoms with Crippen molar-refractivity contribution in [1.82, 2.24) is 0 Å². The Hall–Kier alpha value is -1.17. The van der Waals surface area contributed by atoms with E-state index in [1.54, 1.807) is 0 Å². The zero-order chi connectivity index (χ0) is 13.7. The van der Waals surface area contributed by atoms with Crippen LogP contribution in [0, 0.1) is 0 Å². The molecular formula is C14H20O5. The van der Waals surface area contributed by atoms with Gasteiger partial charge in [-0.1, -0.05) is 18.2 Å². The van der Waals surface area contributed by atoms with Crippen molar-refractivity contribution in [2.45, 2.75) is 51.5 Å². The van der Waals surface area contributed by atoms with Crippen LogP contribution < -0.4 is 0 Å². The first-order valence-electron chi connectivity index (χ1n) is 6.58. The third-order valence-electron chi connectivity index (χ3n) is 2.93. The third-order valence-corrected chi connectivity index (χ3v) is 2.93. The molecule has 2 aliphatic heterocycles. The zero-order valence-electron chi connectivity index (χ0n) is 11.3. The average molecular weight is 268 g/mol. The van der Waals surface area contributed by atoms with Crippen molar-refractivity contribution in [3.05, 3.63) is 24.3 Å². The van der Waals surface area contributed by atoms with Crippen LogP contribution in [0.3, 0.4) is 0 Å². The molecule has 2 rings (SSSR count). The molecule has 0 aromatic carbocycles. The Morgan fingerprint density at radius 1 is 1.37 bits per heavy atom. The van der Waals surface area contributed by atoms with Crippen molar-refractivity contribution in [2.24, 2.45) is 0 Å². The lowest BCUT2D eigenvalue weighted by atomic mass is 10.1. The maximum atomic E-state index is 10.9. The lowest BCUT2D eigenvalue weighted by Crippen LogP contribution is -2.38. The molecule has 0 saturated carbocycles. The van der Waals surface area contributed by atoms with Crippen LogP contribution in [-0.2, 0) is 23.7 Å². The Morgan fingerprint density at radius 2 is 2.21 bits per heavy atom. The van der Waals surface area contributed by atoms with Gasteiger partial charge in [-0.2, -0.15) is 0 Å². The number of esters is 1. The highest BCUT2D eigenvalue weighted by molar-refractivity contribution is 5.66. The third kappa shape index (κ3) is 4.45. The van der Waals surface area contributed by atoms with Crippen LogP contribution in [0.1, 0.15) is 26.7 Å². The van der Waals surface area contributed by atoms with Gasteiger partial charge < -0.3 is 18.9 Å². The molecule has 19 heavy (non-hydrogen) atoms. The van der Waals surface area contributed by atoms with E-state index in [9.17, 15) is 4.79 Å². The van der Waals surface area contributed by atoms with Gasteiger partial charge in [0.2, 0.25) is 6.29 Å². The topological polar surface area (TPSA) is 54.0 Å². The molecule has 0 radical (unpaired) electrons. The Balaban J connectivity index is 1.84. The summed E-state index contributed by atoms with van der Waals surface area (Å²) in [6, 6.07) is 0. The summed E-state index contributed by atoms with van der Waals surface area (Å²) >= 11 is 0. The van der Waals surface area contributed by atoms with Crippen molar-refractivity contribution >= 4 is 5.97 Å². The highest BCUT2D eigenvalue weighted by Gasteiger charge is 2.27. The minimum atomic E-state index is -0.527. The van der Waals surface area contributed by atoms with E-state index in [0.717, 1.165) is 6.42 Å². The SMILES string of the molecule is CC(=O)OC1CC=C[C@@H]([C@H](C)O[C@H]2C=CCCO2)O1. The minimum absolute atomic E-state index is 0.178. The largest absolute Gasteiger partial charge is 0.436 e. The first-order valence-corrected chi connectivity index (χ1v) is 6.58. The van der Waals surface area contributed by atoms with Crippen LogP contribution in [0.15, 0.2) is 24.3 Å². The Bertz CT molecular complexity index is 363. The van der Waals surface area contributed by atoms with E-state index in [1.807, 2.05) is 31.2 Å². The van der Waals surface area contributed by atoms with Gasteiger partial charge >= 0.3 is 5.97 Å². The predicted octanol–water partition coefficient (Wildman–Crippen LogP) is 1.93. The molecule has 0 spiro atoms. The fourth-order valence-electron chi connectivity index (χ4n) is 2.02. The van der Waals surface area contributed by atoms with Crippen LogP contribution in [0.5, 0.6) is 0 Å². The zero-order valence-corrected chi connectivity index (χ0v) is 11.3. The fraction of sp³-hybridized carbons (Fsp3) is 0.643. The van der Waals surface area contributed by atoms with E-state index < -0.39 is 6.29 Å². The number of rotatable bonds is 4. The summed E-state index contributed by atoms with van der Waals surface area (Å²) < 4.78 is 21.9. The van der Waals surface area contributed by atoms with Crippen molar-refractivity contribution < 1.29 is 23.7 Å². The number of carbonyl (C=O) groups is 1. The molecule has 106 valence electrons. The Morgan fingerprint density at radius 3 is 2.89 bits per heavy atom. The monoisotopic (exact) mass is 268 g/mol. The highest BCUT2D eigenvalue weighted by atomic mass is 16.7. The minimum Gasteiger partial charge on any atom is -0.436 e. The molecule has 0 amide bonds. The number of carbonyl (C=O) groups excluding carboxylic acids is 1. The summed E-state index contributed by atoms with van der Waals surface area (Å²) in [5.74, 6) is -0.342. The van der Waals surface area contributed by atoms with E-state index >= 15 is 0 Å². The van der Waals surface area contributed by atoms with Crippen LogP contribution in [-0.4, -0.2) is 37.4 Å². The van der Waals surface area contributed by atoms with Crippen molar-refractivity contribution in [2.75, 3.05) is 6.61 Å². The van der Waals surface area contributed by atoms with Crippen molar-refractivity contribution in [3.8, 4) is 0 Å². The van der Waals surface area contributed by atoms with E-state index in [4.69, 9.17) is 18.9 Å². The normalized spacial score (nSPS) is 32.0. The quantitative estimate of drug-likeness (QED) is 0.576. The van der Waals surface area contributed by atoms with E-state index in [0.29, 0.717) is 13.0 Å². The standard InChI is InChI=1S/C14H20O5/c1-10(17-13-7-3-4-9-16-13)12-6-5-8-14(19-12)18-11(2)15/h3,5-7,10,12-14H,4,8-9H2,1-2H3/t10-,12-,13-,14?/m0/s1. The molecular weight excluding hydrogens is 248 g/mol. The molecule has 0 bridgehead atoms. The summed E-state index contributed by atoms with van der Waals surface area (Å²) in [5, 5.41) is 0. The summed E-state index contributed by atoms with van der Waals surface area (Å²) in [5.41, 5.74) is 0. The smallest absolute Gasteiger partial charge is 0.304 e. The molecule has 0 N–H and O–H groups in total. The second-order valence-electron chi connectivity index (χ2n) is 4.60. The molecule has 1 unspecified atom stereocenters. The predicted molar refractivity (Wildman–Crippen MR) is 68.2 cm³/mol. The van der Waals surface area contributed by atoms with Gasteiger partial charge in [0, 0.05) is 13.3 Å². The molecule has 2 heterocycles. The van der Waals surface area contributed by atoms with Crippen molar-refractivity contribution in [1.29, 1.82) is 0 Å². The second-order valence-corrected chi connectivity index (χ2v) is 4.60. The summed E-state index contributed by atoms with van der Waals surface area (Å²) in [4.78, 5) is 10.9. The van der Waals surface area contributed by atoms with Gasteiger partial charge in [-0.15, -0.1) is 0 Å². The van der Waals surface area contributed by atoms with E-state index in [2.05, 4.69) is 0 Å². The van der Waals surface area contributed by atoms with Crippen LogP contribution in [0.25, 0.3) is 0 Å². The molecule has 0 aliphatic carbocycles. The maximum Gasteiger partial charge on any atom is 0.304 e. The summed E-state index contributed by atoms with van der Waals surface area (Å²) in [6.45, 7) is 3.96. The first-order chi connectivity index (χ1) is 9.15. The van der Waals surface area contributed by atoms with E-state index in [-0.39, 0.29) is 24.5 Å². The van der Waals surface area contributed by atoms with Gasteiger partial charge in [0.05, 0.1) is 12.7 Å². The highest BCUT2D eigenvalue weighted by Crippen LogP contribution is 2.20. The molecule has 5 heteroatoms. The molecule has 4 atom stereocenters. The van der Waals surface area contributed by atoms with Crippen LogP contribution >= 0.6 is 0 Å². The van der Waals surface area contributed by atoms with Gasteiger partial charge in [0.15, 0.2) is 6.29 Å². The fourth-order valence-corrected chi connectivity index (χ4v) is 2.02.